The van der Waals surface area contributed by atoms with Crippen molar-refractivity contribution in [1.82, 2.24) is 4.72 Å². The second-order valence-corrected chi connectivity index (χ2v) is 12.0. The molecule has 1 N–H and O–H groups in total. The first-order valence-electron chi connectivity index (χ1n) is 10.4. The lowest BCUT2D eigenvalue weighted by atomic mass is 9.75. The Morgan fingerprint density at radius 1 is 1.23 bits per heavy atom. The number of ether oxygens (including phenoxy) is 2. The summed E-state index contributed by atoms with van der Waals surface area (Å²) in [5.41, 5.74) is 0.122. The molecular weight excluding hydrogens is 502 g/mol. The van der Waals surface area contributed by atoms with E-state index < -0.39 is 10.0 Å². The van der Waals surface area contributed by atoms with Crippen molar-refractivity contribution in [2.75, 3.05) is 0 Å². The van der Waals surface area contributed by atoms with Gasteiger partial charge in [0.05, 0.1) is 10.5 Å². The van der Waals surface area contributed by atoms with E-state index in [1.165, 1.54) is 0 Å². The van der Waals surface area contributed by atoms with Crippen LogP contribution in [0.25, 0.3) is 0 Å². The molecule has 2 aliphatic heterocycles. The number of benzene rings is 2. The molecular formula is C23H27BrClNO4S. The maximum atomic E-state index is 12.7. The molecule has 2 heterocycles. The summed E-state index contributed by atoms with van der Waals surface area (Å²) in [6.07, 6.45) is 2.69. The molecule has 2 fully saturated rings. The van der Waals surface area contributed by atoms with E-state index >= 15 is 0 Å². The van der Waals surface area contributed by atoms with Crippen LogP contribution in [0.2, 0.25) is 5.02 Å². The summed E-state index contributed by atoms with van der Waals surface area (Å²) in [4.78, 5) is 0.193. The number of hydrogen-bond donors (Lipinski definition) is 1. The Kier molecular flexibility index (Phi) is 6.20. The Labute approximate surface area is 197 Å². The Morgan fingerprint density at radius 2 is 1.94 bits per heavy atom. The fourth-order valence-corrected chi connectivity index (χ4v) is 6.07. The Balaban J connectivity index is 1.54. The number of fused-ring (bicyclic) bond motifs is 2. The lowest BCUT2D eigenvalue weighted by Crippen LogP contribution is -2.40. The molecule has 0 radical (unpaired) electrons. The third kappa shape index (κ3) is 4.40. The van der Waals surface area contributed by atoms with Gasteiger partial charge >= 0.3 is 0 Å². The molecule has 0 aliphatic carbocycles. The van der Waals surface area contributed by atoms with Gasteiger partial charge in [0.2, 0.25) is 10.0 Å². The topological polar surface area (TPSA) is 64.6 Å². The summed E-state index contributed by atoms with van der Waals surface area (Å²) in [7, 11) is -3.69. The Morgan fingerprint density at radius 3 is 2.58 bits per heavy atom. The second kappa shape index (κ2) is 8.34. The van der Waals surface area contributed by atoms with Crippen molar-refractivity contribution in [2.45, 2.75) is 68.8 Å². The highest BCUT2D eigenvalue weighted by Crippen LogP contribution is 2.55. The van der Waals surface area contributed by atoms with Gasteiger partial charge in [0.1, 0.15) is 17.5 Å². The maximum absolute atomic E-state index is 12.7. The van der Waals surface area contributed by atoms with Crippen LogP contribution in [0.15, 0.2) is 51.8 Å². The summed E-state index contributed by atoms with van der Waals surface area (Å²) >= 11 is 9.77. The molecule has 3 atom stereocenters. The van der Waals surface area contributed by atoms with Gasteiger partial charge in [-0.3, -0.25) is 0 Å². The largest absolute Gasteiger partial charge is 0.487 e. The van der Waals surface area contributed by atoms with Crippen LogP contribution in [0, 0.1) is 5.92 Å². The van der Waals surface area contributed by atoms with E-state index in [2.05, 4.69) is 41.4 Å². The van der Waals surface area contributed by atoms with E-state index in [4.69, 9.17) is 21.1 Å². The van der Waals surface area contributed by atoms with Crippen LogP contribution in [0.4, 0.5) is 0 Å². The smallest absolute Gasteiger partial charge is 0.240 e. The van der Waals surface area contributed by atoms with Gasteiger partial charge in [0, 0.05) is 28.0 Å². The van der Waals surface area contributed by atoms with E-state index in [-0.39, 0.29) is 28.7 Å². The molecule has 168 valence electrons. The zero-order chi connectivity index (χ0) is 22.4. The van der Waals surface area contributed by atoms with Crippen LogP contribution < -0.4 is 9.46 Å². The van der Waals surface area contributed by atoms with Gasteiger partial charge in [-0.25, -0.2) is 13.1 Å². The van der Waals surface area contributed by atoms with E-state index in [0.717, 1.165) is 23.7 Å². The number of halogens is 2. The Hall–Kier alpha value is -1.12. The number of sulfonamides is 1. The minimum absolute atomic E-state index is 0.0347. The molecule has 8 heteroatoms. The molecule has 4 rings (SSSR count). The SMILES string of the molecule is CC(C)[C@@]12CC[C@](C)(O1)[C@@H](Oc1cccc(Cl)c1CNS(=O)(=O)c1ccc(Br)cc1)C2. The number of nitrogens with one attached hydrogen (secondary N) is 1. The summed E-state index contributed by atoms with van der Waals surface area (Å²) in [5, 5.41) is 0.462. The third-order valence-corrected chi connectivity index (χ3v) is 8.95. The van der Waals surface area contributed by atoms with Crippen molar-refractivity contribution < 1.29 is 17.9 Å². The van der Waals surface area contributed by atoms with E-state index in [0.29, 0.717) is 22.3 Å². The molecule has 2 aromatic rings. The van der Waals surface area contributed by atoms with Crippen molar-refractivity contribution >= 4 is 37.6 Å². The van der Waals surface area contributed by atoms with Crippen molar-refractivity contribution in [3.63, 3.8) is 0 Å². The highest BCUT2D eigenvalue weighted by atomic mass is 79.9. The highest BCUT2D eigenvalue weighted by molar-refractivity contribution is 9.10. The molecule has 2 bridgehead atoms. The summed E-state index contributed by atoms with van der Waals surface area (Å²) < 4.78 is 41.8. The average Bonchev–Trinajstić information content (AvgIpc) is 3.20. The van der Waals surface area contributed by atoms with Crippen molar-refractivity contribution in [3.8, 4) is 5.75 Å². The van der Waals surface area contributed by atoms with Gasteiger partial charge < -0.3 is 9.47 Å². The first kappa shape index (κ1) is 23.1. The molecule has 5 nitrogen and oxygen atoms in total. The fourth-order valence-electron chi connectivity index (χ4n) is 4.57. The minimum Gasteiger partial charge on any atom is -0.487 e. The average molecular weight is 529 g/mol. The van der Waals surface area contributed by atoms with Gasteiger partial charge in [0.15, 0.2) is 0 Å². The minimum atomic E-state index is -3.69. The van der Waals surface area contributed by atoms with Crippen LogP contribution in [-0.2, 0) is 21.3 Å². The molecule has 2 aromatic carbocycles. The molecule has 31 heavy (non-hydrogen) atoms. The van der Waals surface area contributed by atoms with Crippen LogP contribution >= 0.6 is 27.5 Å². The number of hydrogen-bond acceptors (Lipinski definition) is 4. The molecule has 0 unspecified atom stereocenters. The first-order valence-corrected chi connectivity index (χ1v) is 13.1. The van der Waals surface area contributed by atoms with Gasteiger partial charge in [0.25, 0.3) is 0 Å². The monoisotopic (exact) mass is 527 g/mol. The molecule has 0 saturated carbocycles. The van der Waals surface area contributed by atoms with Crippen molar-refractivity contribution in [1.29, 1.82) is 0 Å². The molecule has 0 spiro atoms. The van der Waals surface area contributed by atoms with Gasteiger partial charge in [-0.05, 0) is 62.1 Å². The number of rotatable bonds is 7. The van der Waals surface area contributed by atoms with E-state index in [1.54, 1.807) is 30.3 Å². The Bertz CT molecular complexity index is 1080. The second-order valence-electron chi connectivity index (χ2n) is 8.94. The van der Waals surface area contributed by atoms with E-state index in [9.17, 15) is 8.42 Å². The fraction of sp³-hybridized carbons (Fsp3) is 0.478. The lowest BCUT2D eigenvalue weighted by molar-refractivity contribution is -0.0770. The molecule has 0 aromatic heterocycles. The van der Waals surface area contributed by atoms with Crippen molar-refractivity contribution in [3.05, 3.63) is 57.5 Å². The van der Waals surface area contributed by atoms with Crippen LogP contribution in [0.1, 0.15) is 45.6 Å². The zero-order valence-electron chi connectivity index (χ0n) is 17.8. The zero-order valence-corrected chi connectivity index (χ0v) is 21.0. The van der Waals surface area contributed by atoms with Crippen LogP contribution in [-0.4, -0.2) is 25.7 Å². The lowest BCUT2D eigenvalue weighted by Gasteiger charge is -2.32. The van der Waals surface area contributed by atoms with E-state index in [1.807, 2.05) is 12.1 Å². The third-order valence-electron chi connectivity index (χ3n) is 6.65. The summed E-state index contributed by atoms with van der Waals surface area (Å²) in [6, 6.07) is 11.9. The maximum Gasteiger partial charge on any atom is 0.240 e. The van der Waals surface area contributed by atoms with Gasteiger partial charge in [-0.1, -0.05) is 47.4 Å². The normalized spacial score (nSPS) is 27.7. The molecule has 2 saturated heterocycles. The molecule has 0 amide bonds. The van der Waals surface area contributed by atoms with Crippen LogP contribution in [0.3, 0.4) is 0 Å². The predicted molar refractivity (Wildman–Crippen MR) is 125 cm³/mol. The van der Waals surface area contributed by atoms with Crippen molar-refractivity contribution in [2.24, 2.45) is 5.92 Å². The highest BCUT2D eigenvalue weighted by Gasteiger charge is 2.61. The van der Waals surface area contributed by atoms with Gasteiger partial charge in [-0.2, -0.15) is 0 Å². The quantitative estimate of drug-likeness (QED) is 0.501. The van der Waals surface area contributed by atoms with Crippen LogP contribution in [0.5, 0.6) is 5.75 Å². The summed E-state index contributed by atoms with van der Waals surface area (Å²) in [5.74, 6) is 0.992. The van der Waals surface area contributed by atoms with Gasteiger partial charge in [-0.15, -0.1) is 0 Å². The predicted octanol–water partition coefficient (Wildman–Crippen LogP) is 5.70. The molecule has 2 aliphatic rings. The summed E-state index contributed by atoms with van der Waals surface area (Å²) in [6.45, 7) is 6.52. The first-order chi connectivity index (χ1) is 14.5. The standard InChI is InChI=1S/C23H27BrClNO4S/c1-15(2)23-12-11-22(3,30-23)21(13-23)29-20-6-4-5-19(25)18(20)14-26-31(27,28)17-9-7-16(24)8-10-17/h4-10,15,21,26H,11-14H2,1-3H3/t21-,22-,23-/m0/s1.